The lowest BCUT2D eigenvalue weighted by molar-refractivity contribution is -0.119. The van der Waals surface area contributed by atoms with Gasteiger partial charge in [0, 0.05) is 17.3 Å². The van der Waals surface area contributed by atoms with Crippen LogP contribution in [-0.4, -0.2) is 34.8 Å². The summed E-state index contributed by atoms with van der Waals surface area (Å²) in [5, 5.41) is 3.87. The molecule has 30 heavy (non-hydrogen) atoms. The van der Waals surface area contributed by atoms with E-state index in [-0.39, 0.29) is 11.9 Å². The van der Waals surface area contributed by atoms with Gasteiger partial charge in [0.2, 0.25) is 5.91 Å². The quantitative estimate of drug-likeness (QED) is 0.401. The van der Waals surface area contributed by atoms with Gasteiger partial charge >= 0.3 is 0 Å². The van der Waals surface area contributed by atoms with Gasteiger partial charge in [0.1, 0.15) is 10.8 Å². The highest BCUT2D eigenvalue weighted by Gasteiger charge is 2.11. The Labute approximate surface area is 182 Å². The molecule has 5 nitrogen and oxygen atoms in total. The van der Waals surface area contributed by atoms with E-state index in [2.05, 4.69) is 27.4 Å². The van der Waals surface area contributed by atoms with Crippen LogP contribution in [0.5, 0.6) is 5.75 Å². The molecule has 3 aromatic rings. The number of nitrogens with one attached hydrogen (secondary N) is 1. The van der Waals surface area contributed by atoms with E-state index in [1.54, 1.807) is 7.11 Å². The minimum absolute atomic E-state index is 0.0165. The number of nitrogens with zero attached hydrogens (tertiary/aromatic N) is 2. The molecule has 0 aliphatic carbocycles. The summed E-state index contributed by atoms with van der Waals surface area (Å²) in [6, 6.07) is 20.0. The lowest BCUT2D eigenvalue weighted by atomic mass is 10.1. The lowest BCUT2D eigenvalue weighted by Gasteiger charge is -2.14. The predicted octanol–water partition coefficient (Wildman–Crippen LogP) is 4.69. The second-order valence-electron chi connectivity index (χ2n) is 7.18. The molecular weight excluding hydrogens is 394 g/mol. The van der Waals surface area contributed by atoms with Gasteiger partial charge in [-0.05, 0) is 62.6 Å². The maximum Gasteiger partial charge on any atom is 0.230 e. The summed E-state index contributed by atoms with van der Waals surface area (Å²) >= 11 is 1.43. The van der Waals surface area contributed by atoms with E-state index in [0.717, 1.165) is 34.9 Å². The first-order chi connectivity index (χ1) is 14.5. The van der Waals surface area contributed by atoms with E-state index >= 15 is 0 Å². The summed E-state index contributed by atoms with van der Waals surface area (Å²) < 4.78 is 5.20. The van der Waals surface area contributed by atoms with Crippen molar-refractivity contribution >= 4 is 17.7 Å². The molecule has 1 atom stereocenters. The van der Waals surface area contributed by atoms with Crippen molar-refractivity contribution in [3.8, 4) is 17.1 Å². The van der Waals surface area contributed by atoms with Crippen molar-refractivity contribution in [2.75, 3.05) is 12.9 Å². The minimum atomic E-state index is 0.0165. The molecule has 2 aromatic carbocycles. The molecule has 0 saturated carbocycles. The third-order valence-electron chi connectivity index (χ3n) is 4.65. The fraction of sp³-hybridized carbons (Fsp3) is 0.292. The first kappa shape index (κ1) is 21.8. The van der Waals surface area contributed by atoms with Gasteiger partial charge in [-0.1, -0.05) is 42.1 Å². The van der Waals surface area contributed by atoms with Crippen LogP contribution < -0.4 is 10.1 Å². The Kier molecular flexibility index (Phi) is 7.85. The van der Waals surface area contributed by atoms with Crippen molar-refractivity contribution in [3.63, 3.8) is 0 Å². The van der Waals surface area contributed by atoms with Crippen molar-refractivity contribution < 1.29 is 9.53 Å². The number of hydrogen-bond donors (Lipinski definition) is 1. The van der Waals surface area contributed by atoms with Crippen LogP contribution in [0, 0.1) is 6.92 Å². The van der Waals surface area contributed by atoms with Gasteiger partial charge in [0.15, 0.2) is 5.82 Å². The number of carbonyl (C=O) groups is 1. The first-order valence-electron chi connectivity index (χ1n) is 9.99. The molecule has 156 valence electrons. The molecule has 3 rings (SSSR count). The van der Waals surface area contributed by atoms with Gasteiger partial charge in [-0.15, -0.1) is 0 Å². The first-order valence-corrected chi connectivity index (χ1v) is 11.0. The second kappa shape index (κ2) is 10.8. The van der Waals surface area contributed by atoms with Crippen LogP contribution in [0.3, 0.4) is 0 Å². The van der Waals surface area contributed by atoms with Crippen LogP contribution >= 0.6 is 11.8 Å². The van der Waals surface area contributed by atoms with Crippen LogP contribution in [-0.2, 0) is 11.2 Å². The molecule has 0 radical (unpaired) electrons. The van der Waals surface area contributed by atoms with Gasteiger partial charge in [0.25, 0.3) is 0 Å². The van der Waals surface area contributed by atoms with Crippen molar-refractivity contribution in [1.82, 2.24) is 15.3 Å². The Morgan fingerprint density at radius 2 is 1.83 bits per heavy atom. The molecule has 0 spiro atoms. The summed E-state index contributed by atoms with van der Waals surface area (Å²) in [7, 11) is 1.64. The van der Waals surface area contributed by atoms with Gasteiger partial charge in [0.05, 0.1) is 12.9 Å². The summed E-state index contributed by atoms with van der Waals surface area (Å²) in [6.07, 6.45) is 1.86. The van der Waals surface area contributed by atoms with Crippen molar-refractivity contribution in [2.24, 2.45) is 0 Å². The van der Waals surface area contributed by atoms with Crippen molar-refractivity contribution in [3.05, 3.63) is 71.9 Å². The SMILES string of the molecule is COc1ccc(-c2nc(C)cc(SCC(=O)NC(C)CCc3ccccc3)n2)cc1. The van der Waals surface area contributed by atoms with Crippen LogP contribution in [0.2, 0.25) is 0 Å². The van der Waals surface area contributed by atoms with Crippen LogP contribution in [0.25, 0.3) is 11.4 Å². The fourth-order valence-corrected chi connectivity index (χ4v) is 3.81. The zero-order valence-corrected chi connectivity index (χ0v) is 18.4. The molecule has 1 amide bonds. The topological polar surface area (TPSA) is 64.1 Å². The molecule has 6 heteroatoms. The smallest absolute Gasteiger partial charge is 0.230 e. The Morgan fingerprint density at radius 3 is 2.53 bits per heavy atom. The average molecular weight is 422 g/mol. The summed E-state index contributed by atoms with van der Waals surface area (Å²) in [5.74, 6) is 1.78. The zero-order valence-electron chi connectivity index (χ0n) is 17.6. The molecule has 1 N–H and O–H groups in total. The Morgan fingerprint density at radius 1 is 1.10 bits per heavy atom. The molecule has 1 unspecified atom stereocenters. The normalized spacial score (nSPS) is 11.7. The van der Waals surface area contributed by atoms with Crippen LogP contribution in [0.15, 0.2) is 65.7 Å². The highest BCUT2D eigenvalue weighted by Crippen LogP contribution is 2.23. The lowest BCUT2D eigenvalue weighted by Crippen LogP contribution is -2.34. The Hall–Kier alpha value is -2.86. The largest absolute Gasteiger partial charge is 0.497 e. The van der Waals surface area contributed by atoms with E-state index in [9.17, 15) is 4.79 Å². The number of thioether (sulfide) groups is 1. The molecule has 0 saturated heterocycles. The number of rotatable bonds is 9. The van der Waals surface area contributed by atoms with Crippen molar-refractivity contribution in [1.29, 1.82) is 0 Å². The number of amides is 1. The molecule has 1 heterocycles. The zero-order chi connectivity index (χ0) is 21.3. The third kappa shape index (κ3) is 6.59. The number of hydrogen-bond acceptors (Lipinski definition) is 5. The summed E-state index contributed by atoms with van der Waals surface area (Å²) in [5.41, 5.74) is 3.07. The Balaban J connectivity index is 1.53. The van der Waals surface area contributed by atoms with Gasteiger partial charge in [-0.3, -0.25) is 4.79 Å². The number of carbonyl (C=O) groups excluding carboxylic acids is 1. The van der Waals surface area contributed by atoms with Crippen LogP contribution in [0.4, 0.5) is 0 Å². The Bertz CT molecular complexity index is 962. The summed E-state index contributed by atoms with van der Waals surface area (Å²) in [6.45, 7) is 3.98. The fourth-order valence-electron chi connectivity index (χ4n) is 3.04. The van der Waals surface area contributed by atoms with E-state index in [4.69, 9.17) is 4.74 Å². The number of methoxy groups -OCH3 is 1. The molecule has 0 aliphatic heterocycles. The molecule has 0 fully saturated rings. The van der Waals surface area contributed by atoms with E-state index in [0.29, 0.717) is 11.6 Å². The maximum absolute atomic E-state index is 12.4. The molecule has 0 bridgehead atoms. The number of ether oxygens (including phenoxy) is 1. The second-order valence-corrected chi connectivity index (χ2v) is 8.18. The van der Waals surface area contributed by atoms with Gasteiger partial charge in [-0.2, -0.15) is 0 Å². The standard InChI is InChI=1S/C24H27N3O2S/c1-17(9-10-19-7-5-4-6-8-19)25-22(28)16-30-23-15-18(2)26-24(27-23)20-11-13-21(29-3)14-12-20/h4-8,11-15,17H,9-10,16H2,1-3H3,(H,25,28). The third-order valence-corrected chi connectivity index (χ3v) is 5.56. The van der Waals surface area contributed by atoms with Gasteiger partial charge in [-0.25, -0.2) is 9.97 Å². The number of benzene rings is 2. The van der Waals surface area contributed by atoms with E-state index < -0.39 is 0 Å². The molecule has 0 aliphatic rings. The minimum Gasteiger partial charge on any atom is -0.497 e. The predicted molar refractivity (Wildman–Crippen MR) is 122 cm³/mol. The molecule has 1 aromatic heterocycles. The summed E-state index contributed by atoms with van der Waals surface area (Å²) in [4.78, 5) is 21.5. The maximum atomic E-state index is 12.4. The van der Waals surface area contributed by atoms with Crippen LogP contribution in [0.1, 0.15) is 24.6 Å². The van der Waals surface area contributed by atoms with E-state index in [1.807, 2.05) is 62.4 Å². The monoisotopic (exact) mass is 421 g/mol. The van der Waals surface area contributed by atoms with Crippen molar-refractivity contribution in [2.45, 2.75) is 37.8 Å². The number of aromatic nitrogens is 2. The number of aryl methyl sites for hydroxylation is 2. The molecular formula is C24H27N3O2S. The highest BCUT2D eigenvalue weighted by atomic mass is 32.2. The highest BCUT2D eigenvalue weighted by molar-refractivity contribution is 7.99. The van der Waals surface area contributed by atoms with E-state index in [1.165, 1.54) is 17.3 Å². The average Bonchev–Trinajstić information content (AvgIpc) is 2.77. The van der Waals surface area contributed by atoms with Gasteiger partial charge < -0.3 is 10.1 Å².